The Bertz CT molecular complexity index is 310. The van der Waals surface area contributed by atoms with Crippen molar-refractivity contribution in [1.82, 2.24) is 5.06 Å². The molecule has 76 valence electrons. The molecular formula is C9H11NO4. The Balaban J connectivity index is 2.23. The first-order valence-corrected chi connectivity index (χ1v) is 4.48. The molecule has 3 unspecified atom stereocenters. The molecule has 1 N–H and O–H groups in total. The monoisotopic (exact) mass is 197 g/mol. The third-order valence-electron chi connectivity index (χ3n) is 2.70. The summed E-state index contributed by atoms with van der Waals surface area (Å²) >= 11 is 0. The number of rotatable bonds is 1. The lowest BCUT2D eigenvalue weighted by Gasteiger charge is -2.16. The van der Waals surface area contributed by atoms with E-state index in [1.807, 2.05) is 0 Å². The SMILES string of the molecule is CC1C(=O)N(O)C(=O)C1C1C=CCO1. The molecule has 1 saturated heterocycles. The number of imide groups is 1. The largest absolute Gasteiger partial charge is 0.369 e. The van der Waals surface area contributed by atoms with Crippen LogP contribution in [-0.2, 0) is 14.3 Å². The Morgan fingerprint density at radius 1 is 1.50 bits per heavy atom. The number of carbonyl (C=O) groups excluding carboxylic acids is 2. The van der Waals surface area contributed by atoms with Crippen LogP contribution in [0.5, 0.6) is 0 Å². The summed E-state index contributed by atoms with van der Waals surface area (Å²) in [4.78, 5) is 22.7. The fraction of sp³-hybridized carbons (Fsp3) is 0.556. The molecule has 2 aliphatic rings. The predicted octanol–water partition coefficient (Wildman–Crippen LogP) is -0.0483. The molecule has 0 aromatic carbocycles. The average molecular weight is 197 g/mol. The van der Waals surface area contributed by atoms with Crippen molar-refractivity contribution in [3.63, 3.8) is 0 Å². The van der Waals surface area contributed by atoms with E-state index in [1.165, 1.54) is 0 Å². The summed E-state index contributed by atoms with van der Waals surface area (Å²) < 4.78 is 5.25. The Kier molecular flexibility index (Phi) is 2.13. The molecule has 14 heavy (non-hydrogen) atoms. The maximum absolute atomic E-state index is 11.5. The Labute approximate surface area is 80.9 Å². The number of amides is 2. The summed E-state index contributed by atoms with van der Waals surface area (Å²) in [5.41, 5.74) is 0. The molecule has 0 aromatic heterocycles. The molecular weight excluding hydrogens is 186 g/mol. The minimum Gasteiger partial charge on any atom is -0.369 e. The Morgan fingerprint density at radius 2 is 2.21 bits per heavy atom. The molecule has 1 fully saturated rings. The zero-order valence-corrected chi connectivity index (χ0v) is 7.71. The van der Waals surface area contributed by atoms with Crippen molar-refractivity contribution in [2.24, 2.45) is 11.8 Å². The van der Waals surface area contributed by atoms with Crippen LogP contribution in [0.4, 0.5) is 0 Å². The third-order valence-corrected chi connectivity index (χ3v) is 2.70. The van der Waals surface area contributed by atoms with E-state index in [9.17, 15) is 9.59 Å². The average Bonchev–Trinajstić information content (AvgIpc) is 2.73. The van der Waals surface area contributed by atoms with E-state index in [-0.39, 0.29) is 11.2 Å². The van der Waals surface area contributed by atoms with Gasteiger partial charge in [0.05, 0.1) is 24.5 Å². The summed E-state index contributed by atoms with van der Waals surface area (Å²) in [6.45, 7) is 2.08. The molecule has 0 aromatic rings. The van der Waals surface area contributed by atoms with Crippen molar-refractivity contribution in [2.45, 2.75) is 13.0 Å². The van der Waals surface area contributed by atoms with Crippen LogP contribution >= 0.6 is 0 Å². The van der Waals surface area contributed by atoms with Gasteiger partial charge in [-0.2, -0.15) is 5.06 Å². The van der Waals surface area contributed by atoms with E-state index in [1.54, 1.807) is 19.1 Å². The van der Waals surface area contributed by atoms with Crippen molar-refractivity contribution < 1.29 is 19.5 Å². The quantitative estimate of drug-likeness (QED) is 0.363. The van der Waals surface area contributed by atoms with Crippen LogP contribution < -0.4 is 0 Å². The van der Waals surface area contributed by atoms with Crippen molar-refractivity contribution >= 4 is 11.8 Å². The van der Waals surface area contributed by atoms with Crippen molar-refractivity contribution in [1.29, 1.82) is 0 Å². The summed E-state index contributed by atoms with van der Waals surface area (Å²) in [5.74, 6) is -2.21. The highest BCUT2D eigenvalue weighted by atomic mass is 16.5. The second kappa shape index (κ2) is 3.18. The Morgan fingerprint density at radius 3 is 2.64 bits per heavy atom. The number of hydrogen-bond acceptors (Lipinski definition) is 4. The normalized spacial score (nSPS) is 37.3. The molecule has 2 heterocycles. The number of hydrogen-bond donors (Lipinski definition) is 1. The van der Waals surface area contributed by atoms with E-state index >= 15 is 0 Å². The molecule has 0 aliphatic carbocycles. The van der Waals surface area contributed by atoms with Crippen molar-refractivity contribution in [2.75, 3.05) is 6.61 Å². The smallest absolute Gasteiger partial charge is 0.260 e. The highest BCUT2D eigenvalue weighted by Gasteiger charge is 2.48. The van der Waals surface area contributed by atoms with Crippen LogP contribution in [0.1, 0.15) is 6.92 Å². The molecule has 0 bridgehead atoms. The van der Waals surface area contributed by atoms with Gasteiger partial charge in [-0.15, -0.1) is 0 Å². The van der Waals surface area contributed by atoms with E-state index in [4.69, 9.17) is 9.94 Å². The second-order valence-electron chi connectivity index (χ2n) is 3.53. The molecule has 2 amide bonds. The van der Waals surface area contributed by atoms with Gasteiger partial charge >= 0.3 is 0 Å². The number of ether oxygens (including phenoxy) is 1. The zero-order chi connectivity index (χ0) is 10.3. The predicted molar refractivity (Wildman–Crippen MR) is 45.2 cm³/mol. The van der Waals surface area contributed by atoms with Crippen LogP contribution in [0.2, 0.25) is 0 Å². The summed E-state index contributed by atoms with van der Waals surface area (Å²) in [7, 11) is 0. The number of hydroxylamine groups is 2. The second-order valence-corrected chi connectivity index (χ2v) is 3.53. The minimum absolute atomic E-state index is 0.199. The van der Waals surface area contributed by atoms with Crippen LogP contribution in [0, 0.1) is 11.8 Å². The van der Waals surface area contributed by atoms with Crippen LogP contribution in [0.3, 0.4) is 0 Å². The molecule has 5 nitrogen and oxygen atoms in total. The van der Waals surface area contributed by atoms with E-state index in [0.717, 1.165) is 0 Å². The molecule has 2 aliphatic heterocycles. The maximum Gasteiger partial charge on any atom is 0.260 e. The molecule has 3 atom stereocenters. The van der Waals surface area contributed by atoms with Gasteiger partial charge in [0.25, 0.3) is 11.8 Å². The lowest BCUT2D eigenvalue weighted by atomic mass is 9.91. The zero-order valence-electron chi connectivity index (χ0n) is 7.71. The van der Waals surface area contributed by atoms with Crippen LogP contribution in [-0.4, -0.2) is 34.8 Å². The number of carbonyl (C=O) groups is 2. The standard InChI is InChI=1S/C9H11NO4/c1-5-7(6-3-2-4-14-6)9(12)10(13)8(5)11/h2-3,5-7,13H,4H2,1H3. The third kappa shape index (κ3) is 1.17. The van der Waals surface area contributed by atoms with E-state index in [0.29, 0.717) is 6.61 Å². The summed E-state index contributed by atoms with van der Waals surface area (Å²) in [6, 6.07) is 0. The van der Waals surface area contributed by atoms with Gasteiger partial charge in [-0.25, -0.2) is 0 Å². The summed E-state index contributed by atoms with van der Waals surface area (Å²) in [5, 5.41) is 9.32. The van der Waals surface area contributed by atoms with Crippen LogP contribution in [0.15, 0.2) is 12.2 Å². The minimum atomic E-state index is -0.578. The maximum atomic E-state index is 11.5. The highest BCUT2D eigenvalue weighted by Crippen LogP contribution is 2.30. The van der Waals surface area contributed by atoms with Crippen molar-refractivity contribution in [3.05, 3.63) is 12.2 Å². The van der Waals surface area contributed by atoms with E-state index in [2.05, 4.69) is 0 Å². The Hall–Kier alpha value is -1.20. The van der Waals surface area contributed by atoms with E-state index < -0.39 is 23.7 Å². The molecule has 0 spiro atoms. The van der Waals surface area contributed by atoms with Gasteiger partial charge in [-0.1, -0.05) is 19.1 Å². The van der Waals surface area contributed by atoms with Gasteiger partial charge in [0.15, 0.2) is 0 Å². The van der Waals surface area contributed by atoms with Gasteiger partial charge in [0, 0.05) is 0 Å². The fourth-order valence-electron chi connectivity index (χ4n) is 1.87. The lowest BCUT2D eigenvalue weighted by Crippen LogP contribution is -2.31. The first kappa shape index (κ1) is 9.36. The molecule has 5 heteroatoms. The van der Waals surface area contributed by atoms with Crippen LogP contribution in [0.25, 0.3) is 0 Å². The van der Waals surface area contributed by atoms with Gasteiger partial charge in [-0.05, 0) is 0 Å². The number of nitrogens with zero attached hydrogens (tertiary/aromatic N) is 1. The first-order valence-electron chi connectivity index (χ1n) is 4.48. The van der Waals surface area contributed by atoms with Gasteiger partial charge in [0.1, 0.15) is 0 Å². The lowest BCUT2D eigenvalue weighted by molar-refractivity contribution is -0.173. The topological polar surface area (TPSA) is 66.8 Å². The fourth-order valence-corrected chi connectivity index (χ4v) is 1.87. The molecule has 0 radical (unpaired) electrons. The molecule has 0 saturated carbocycles. The highest BCUT2D eigenvalue weighted by molar-refractivity contribution is 6.03. The van der Waals surface area contributed by atoms with Crippen molar-refractivity contribution in [3.8, 4) is 0 Å². The molecule has 2 rings (SSSR count). The summed E-state index contributed by atoms with van der Waals surface area (Å²) in [6.07, 6.45) is 3.18. The van der Waals surface area contributed by atoms with Gasteiger partial charge < -0.3 is 4.74 Å². The van der Waals surface area contributed by atoms with Gasteiger partial charge in [-0.3, -0.25) is 14.8 Å². The first-order chi connectivity index (χ1) is 6.63. The van der Waals surface area contributed by atoms with Gasteiger partial charge in [0.2, 0.25) is 0 Å².